The SMILES string of the molecule is CCCc1c(OC)c(O)c(S(=O)(=O)O)c(OC)c1C(C)CC. The second kappa shape index (κ2) is 7.19. The zero-order valence-electron chi connectivity index (χ0n) is 13.6. The van der Waals surface area contributed by atoms with Crippen molar-refractivity contribution in [3.8, 4) is 17.2 Å². The lowest BCUT2D eigenvalue weighted by Gasteiger charge is -2.24. The van der Waals surface area contributed by atoms with Crippen molar-refractivity contribution in [2.45, 2.75) is 50.8 Å². The van der Waals surface area contributed by atoms with Crippen LogP contribution in [0.5, 0.6) is 17.2 Å². The van der Waals surface area contributed by atoms with Crippen molar-refractivity contribution in [1.82, 2.24) is 0 Å². The number of methoxy groups -OCH3 is 2. The number of hydrogen-bond donors (Lipinski definition) is 2. The number of phenols is 1. The predicted molar refractivity (Wildman–Crippen MR) is 83.7 cm³/mol. The molecule has 0 aliphatic heterocycles. The molecule has 0 spiro atoms. The first-order valence-electron chi connectivity index (χ1n) is 7.21. The van der Waals surface area contributed by atoms with Gasteiger partial charge in [0, 0.05) is 11.1 Å². The largest absolute Gasteiger partial charge is 0.503 e. The number of phenolic OH excluding ortho intramolecular Hbond substituents is 1. The van der Waals surface area contributed by atoms with Gasteiger partial charge in [-0.1, -0.05) is 27.2 Å². The van der Waals surface area contributed by atoms with Crippen LogP contribution in [-0.2, 0) is 16.5 Å². The summed E-state index contributed by atoms with van der Waals surface area (Å²) in [7, 11) is -1.99. The van der Waals surface area contributed by atoms with Crippen molar-refractivity contribution in [3.63, 3.8) is 0 Å². The Hall–Kier alpha value is -1.47. The Morgan fingerprint density at radius 3 is 2.05 bits per heavy atom. The standard InChI is InChI=1S/C15H24O6S/c1-6-8-10-11(9(3)7-2)14(21-5)15(22(17,18)19)12(16)13(10)20-4/h9,16H,6-8H2,1-5H3,(H,17,18,19). The van der Waals surface area contributed by atoms with Gasteiger partial charge in [0.2, 0.25) is 0 Å². The molecular formula is C15H24O6S. The molecule has 0 aliphatic carbocycles. The zero-order valence-corrected chi connectivity index (χ0v) is 14.5. The minimum Gasteiger partial charge on any atom is -0.503 e. The summed E-state index contributed by atoms with van der Waals surface area (Å²) >= 11 is 0. The first-order valence-corrected chi connectivity index (χ1v) is 8.65. The zero-order chi connectivity index (χ0) is 17.1. The van der Waals surface area contributed by atoms with Gasteiger partial charge in [0.1, 0.15) is 5.75 Å². The second-order valence-corrected chi connectivity index (χ2v) is 6.53. The Labute approximate surface area is 131 Å². The van der Waals surface area contributed by atoms with Crippen LogP contribution in [0.1, 0.15) is 50.7 Å². The molecule has 0 radical (unpaired) electrons. The fraction of sp³-hybridized carbons (Fsp3) is 0.600. The molecule has 1 atom stereocenters. The van der Waals surface area contributed by atoms with E-state index in [2.05, 4.69) is 0 Å². The smallest absolute Gasteiger partial charge is 0.302 e. The van der Waals surface area contributed by atoms with Gasteiger partial charge in [-0.15, -0.1) is 0 Å². The molecule has 22 heavy (non-hydrogen) atoms. The number of benzene rings is 1. The van der Waals surface area contributed by atoms with Crippen molar-refractivity contribution in [2.75, 3.05) is 14.2 Å². The van der Waals surface area contributed by atoms with E-state index in [9.17, 15) is 18.1 Å². The summed E-state index contributed by atoms with van der Waals surface area (Å²) in [6.07, 6.45) is 2.12. The number of ether oxygens (including phenoxy) is 2. The van der Waals surface area contributed by atoms with Gasteiger partial charge in [-0.05, 0) is 18.8 Å². The minimum absolute atomic E-state index is 0.0152. The lowest BCUT2D eigenvalue weighted by atomic mass is 9.89. The second-order valence-electron chi connectivity index (χ2n) is 5.17. The minimum atomic E-state index is -4.66. The molecule has 0 saturated heterocycles. The summed E-state index contributed by atoms with van der Waals surface area (Å²) in [5, 5.41) is 10.3. The Morgan fingerprint density at radius 2 is 1.68 bits per heavy atom. The van der Waals surface area contributed by atoms with Crippen LogP contribution >= 0.6 is 0 Å². The Kier molecular flexibility index (Phi) is 6.08. The summed E-state index contributed by atoms with van der Waals surface area (Å²) in [6, 6.07) is 0. The molecule has 0 heterocycles. The molecule has 0 bridgehead atoms. The molecule has 7 heteroatoms. The van der Waals surface area contributed by atoms with Crippen LogP contribution in [0.25, 0.3) is 0 Å². The Balaban J connectivity index is 3.99. The summed E-state index contributed by atoms with van der Waals surface area (Å²) < 4.78 is 43.3. The van der Waals surface area contributed by atoms with E-state index in [-0.39, 0.29) is 17.4 Å². The van der Waals surface area contributed by atoms with E-state index >= 15 is 0 Å². The highest BCUT2D eigenvalue weighted by atomic mass is 32.2. The molecule has 2 N–H and O–H groups in total. The summed E-state index contributed by atoms with van der Waals surface area (Å²) in [6.45, 7) is 5.87. The highest BCUT2D eigenvalue weighted by Gasteiger charge is 2.33. The molecule has 1 unspecified atom stereocenters. The lowest BCUT2D eigenvalue weighted by Crippen LogP contribution is -2.11. The quantitative estimate of drug-likeness (QED) is 0.745. The normalized spacial score (nSPS) is 13.0. The number of hydrogen-bond acceptors (Lipinski definition) is 5. The van der Waals surface area contributed by atoms with E-state index in [1.54, 1.807) is 0 Å². The first kappa shape index (κ1) is 18.6. The molecule has 0 fully saturated rings. The van der Waals surface area contributed by atoms with Gasteiger partial charge >= 0.3 is 10.1 Å². The van der Waals surface area contributed by atoms with Gasteiger partial charge in [-0.25, -0.2) is 0 Å². The molecule has 126 valence electrons. The van der Waals surface area contributed by atoms with E-state index in [0.717, 1.165) is 12.8 Å². The Bertz CT molecular complexity index is 636. The maximum absolute atomic E-state index is 11.7. The van der Waals surface area contributed by atoms with E-state index < -0.39 is 20.8 Å². The third kappa shape index (κ3) is 3.30. The molecule has 1 aromatic carbocycles. The van der Waals surface area contributed by atoms with Crippen LogP contribution in [0.15, 0.2) is 4.90 Å². The summed E-state index contributed by atoms with van der Waals surface area (Å²) in [4.78, 5) is -0.637. The lowest BCUT2D eigenvalue weighted by molar-refractivity contribution is 0.339. The summed E-state index contributed by atoms with van der Waals surface area (Å²) in [5.74, 6) is -0.576. The van der Waals surface area contributed by atoms with Crippen molar-refractivity contribution in [3.05, 3.63) is 11.1 Å². The van der Waals surface area contributed by atoms with E-state index in [1.165, 1.54) is 14.2 Å². The molecule has 1 aromatic rings. The van der Waals surface area contributed by atoms with Gasteiger partial charge in [0.15, 0.2) is 16.4 Å². The topological polar surface area (TPSA) is 93.1 Å². The van der Waals surface area contributed by atoms with Crippen LogP contribution in [0.3, 0.4) is 0 Å². The average molecular weight is 332 g/mol. The van der Waals surface area contributed by atoms with Crippen molar-refractivity contribution >= 4 is 10.1 Å². The molecule has 0 amide bonds. The van der Waals surface area contributed by atoms with Crippen LogP contribution in [0.4, 0.5) is 0 Å². The highest BCUT2D eigenvalue weighted by molar-refractivity contribution is 7.86. The molecule has 0 aromatic heterocycles. The van der Waals surface area contributed by atoms with Crippen LogP contribution in [-0.4, -0.2) is 32.3 Å². The van der Waals surface area contributed by atoms with Crippen molar-refractivity contribution < 1.29 is 27.6 Å². The average Bonchev–Trinajstić information content (AvgIpc) is 2.44. The van der Waals surface area contributed by atoms with E-state index in [1.807, 2.05) is 20.8 Å². The van der Waals surface area contributed by atoms with Crippen LogP contribution in [0.2, 0.25) is 0 Å². The molecule has 0 saturated carbocycles. The van der Waals surface area contributed by atoms with Crippen molar-refractivity contribution in [1.29, 1.82) is 0 Å². The Morgan fingerprint density at radius 1 is 1.14 bits per heavy atom. The monoisotopic (exact) mass is 332 g/mol. The van der Waals surface area contributed by atoms with Gasteiger partial charge in [0.25, 0.3) is 0 Å². The van der Waals surface area contributed by atoms with E-state index in [0.29, 0.717) is 17.5 Å². The van der Waals surface area contributed by atoms with E-state index in [4.69, 9.17) is 9.47 Å². The first-order chi connectivity index (χ1) is 10.2. The van der Waals surface area contributed by atoms with Crippen molar-refractivity contribution in [2.24, 2.45) is 0 Å². The summed E-state index contributed by atoms with van der Waals surface area (Å²) in [5.41, 5.74) is 1.36. The van der Waals surface area contributed by atoms with Gasteiger partial charge in [-0.3, -0.25) is 4.55 Å². The fourth-order valence-electron chi connectivity index (χ4n) is 2.62. The predicted octanol–water partition coefficient (Wildman–Crippen LogP) is 3.12. The maximum Gasteiger partial charge on any atom is 0.302 e. The molecular weight excluding hydrogens is 308 g/mol. The number of rotatable bonds is 7. The molecule has 1 rings (SSSR count). The highest BCUT2D eigenvalue weighted by Crippen LogP contribution is 2.49. The van der Waals surface area contributed by atoms with Gasteiger partial charge < -0.3 is 14.6 Å². The van der Waals surface area contributed by atoms with Gasteiger partial charge in [0.05, 0.1) is 14.2 Å². The number of aromatic hydroxyl groups is 1. The fourth-order valence-corrected chi connectivity index (χ4v) is 3.39. The van der Waals surface area contributed by atoms with Crippen LogP contribution < -0.4 is 9.47 Å². The maximum atomic E-state index is 11.7. The molecule has 6 nitrogen and oxygen atoms in total. The van der Waals surface area contributed by atoms with Crippen LogP contribution in [0, 0.1) is 0 Å². The third-order valence-corrected chi connectivity index (χ3v) is 4.65. The van der Waals surface area contributed by atoms with Gasteiger partial charge in [-0.2, -0.15) is 8.42 Å². The molecule has 0 aliphatic rings. The third-order valence-electron chi connectivity index (χ3n) is 3.75.